The number of rotatable bonds is 4. The highest BCUT2D eigenvalue weighted by Crippen LogP contribution is 2.31. The average molecular weight is 468 g/mol. The topological polar surface area (TPSA) is 83.1 Å². The summed E-state index contributed by atoms with van der Waals surface area (Å²) >= 11 is 0. The van der Waals surface area contributed by atoms with Gasteiger partial charge in [0.2, 0.25) is 0 Å². The molecule has 5 rings (SSSR count). The van der Waals surface area contributed by atoms with Crippen LogP contribution in [-0.2, 0) is 4.74 Å². The van der Waals surface area contributed by atoms with Gasteiger partial charge in [0.15, 0.2) is 0 Å². The molecule has 0 aliphatic carbocycles. The van der Waals surface area contributed by atoms with E-state index in [1.54, 1.807) is 17.3 Å². The molecule has 1 aromatic carbocycles. The fraction of sp³-hybridized carbons (Fsp3) is 0.250. The monoisotopic (exact) mass is 467 g/mol. The number of nitrogens with zero attached hydrogens (tertiary/aromatic N) is 3. The number of pyridine rings is 2. The summed E-state index contributed by atoms with van der Waals surface area (Å²) in [6.45, 7) is 6.80. The van der Waals surface area contributed by atoms with E-state index in [2.05, 4.69) is 44.5 Å². The fourth-order valence-corrected chi connectivity index (χ4v) is 4.16. The molecular weight excluding hydrogens is 438 g/mol. The summed E-state index contributed by atoms with van der Waals surface area (Å²) in [6, 6.07) is 18.2. The molecule has 1 aliphatic rings. The second-order valence-corrected chi connectivity index (χ2v) is 9.63. The van der Waals surface area contributed by atoms with Gasteiger partial charge < -0.3 is 19.9 Å². The van der Waals surface area contributed by atoms with E-state index in [1.165, 1.54) is 5.57 Å². The molecule has 7 nitrogen and oxygen atoms in total. The Morgan fingerprint density at radius 3 is 2.69 bits per heavy atom. The maximum Gasteiger partial charge on any atom is 0.410 e. The van der Waals surface area contributed by atoms with Gasteiger partial charge in [-0.25, -0.2) is 9.78 Å². The predicted molar refractivity (Wildman–Crippen MR) is 139 cm³/mol. The number of hydrogen-bond acceptors (Lipinski definition) is 5. The number of aromatic nitrogens is 3. The van der Waals surface area contributed by atoms with Crippen LogP contribution in [0.4, 0.5) is 16.2 Å². The van der Waals surface area contributed by atoms with Gasteiger partial charge in [-0.15, -0.1) is 0 Å². The Kier molecular flexibility index (Phi) is 5.99. The Morgan fingerprint density at radius 2 is 1.94 bits per heavy atom. The van der Waals surface area contributed by atoms with E-state index in [1.807, 2.05) is 57.2 Å². The van der Waals surface area contributed by atoms with Gasteiger partial charge in [0.25, 0.3) is 0 Å². The fourth-order valence-electron chi connectivity index (χ4n) is 4.16. The number of benzene rings is 1. The summed E-state index contributed by atoms with van der Waals surface area (Å²) < 4.78 is 5.50. The van der Waals surface area contributed by atoms with Crippen molar-refractivity contribution in [1.82, 2.24) is 19.9 Å². The van der Waals surface area contributed by atoms with Crippen LogP contribution in [0.1, 0.15) is 32.9 Å². The van der Waals surface area contributed by atoms with Crippen LogP contribution in [0.2, 0.25) is 0 Å². The zero-order chi connectivity index (χ0) is 24.4. The van der Waals surface area contributed by atoms with Gasteiger partial charge in [-0.05, 0) is 69.2 Å². The Hall–Kier alpha value is -4.13. The van der Waals surface area contributed by atoms with Gasteiger partial charge in [-0.3, -0.25) is 4.98 Å². The molecule has 4 heterocycles. The van der Waals surface area contributed by atoms with Crippen molar-refractivity contribution in [2.24, 2.45) is 0 Å². The summed E-state index contributed by atoms with van der Waals surface area (Å²) in [5.41, 5.74) is 6.46. The Labute approximate surface area is 204 Å². The Bertz CT molecular complexity index is 1390. The summed E-state index contributed by atoms with van der Waals surface area (Å²) in [5.74, 6) is 0. The lowest BCUT2D eigenvalue weighted by Gasteiger charge is -2.29. The second kappa shape index (κ2) is 9.25. The molecule has 0 fully saturated rings. The molecule has 0 atom stereocenters. The number of nitrogens with one attached hydrogen (secondary N) is 2. The maximum absolute atomic E-state index is 12.4. The van der Waals surface area contributed by atoms with Gasteiger partial charge in [-0.1, -0.05) is 24.3 Å². The third-order valence-corrected chi connectivity index (χ3v) is 5.84. The molecule has 0 bridgehead atoms. The summed E-state index contributed by atoms with van der Waals surface area (Å²) in [7, 11) is 0. The second-order valence-electron chi connectivity index (χ2n) is 9.63. The lowest BCUT2D eigenvalue weighted by Crippen LogP contribution is -2.39. The third-order valence-electron chi connectivity index (χ3n) is 5.84. The van der Waals surface area contributed by atoms with Gasteiger partial charge in [-0.2, -0.15) is 0 Å². The normalized spacial score (nSPS) is 14.0. The van der Waals surface area contributed by atoms with E-state index in [-0.39, 0.29) is 6.09 Å². The van der Waals surface area contributed by atoms with Crippen LogP contribution in [-0.4, -0.2) is 44.6 Å². The minimum absolute atomic E-state index is 0.273. The largest absolute Gasteiger partial charge is 0.444 e. The number of hydrogen-bond donors (Lipinski definition) is 2. The van der Waals surface area contributed by atoms with Crippen molar-refractivity contribution in [1.29, 1.82) is 0 Å². The summed E-state index contributed by atoms with van der Waals surface area (Å²) in [6.07, 6.45) is 6.16. The van der Waals surface area contributed by atoms with E-state index in [0.717, 1.165) is 45.8 Å². The molecule has 4 aromatic rings. The number of amides is 1. The van der Waals surface area contributed by atoms with Crippen molar-refractivity contribution in [3.63, 3.8) is 0 Å². The Balaban J connectivity index is 1.36. The van der Waals surface area contributed by atoms with Gasteiger partial charge in [0.1, 0.15) is 11.2 Å². The first-order valence-corrected chi connectivity index (χ1v) is 11.8. The first kappa shape index (κ1) is 22.7. The summed E-state index contributed by atoms with van der Waals surface area (Å²) in [4.78, 5) is 26.5. The van der Waals surface area contributed by atoms with Crippen molar-refractivity contribution < 1.29 is 9.53 Å². The SMILES string of the molecule is CC(C)(C)OC(=O)N1CC=C(c2cc3c(Nc4cccc(-c5ccccn5)c4)ccnc3[nH]2)CC1. The smallest absolute Gasteiger partial charge is 0.410 e. The van der Waals surface area contributed by atoms with E-state index < -0.39 is 5.60 Å². The Morgan fingerprint density at radius 1 is 1.06 bits per heavy atom. The highest BCUT2D eigenvalue weighted by Gasteiger charge is 2.24. The van der Waals surface area contributed by atoms with Gasteiger partial charge in [0.05, 0.1) is 11.4 Å². The molecule has 3 aromatic heterocycles. The highest BCUT2D eigenvalue weighted by atomic mass is 16.6. The zero-order valence-corrected chi connectivity index (χ0v) is 20.2. The quantitative estimate of drug-likeness (QED) is 0.363. The van der Waals surface area contributed by atoms with Crippen LogP contribution in [0.25, 0.3) is 27.9 Å². The number of carbonyl (C=O) groups is 1. The van der Waals surface area contributed by atoms with Crippen molar-refractivity contribution in [3.05, 3.63) is 78.8 Å². The minimum atomic E-state index is -0.496. The molecule has 0 unspecified atom stereocenters. The van der Waals surface area contributed by atoms with Crippen molar-refractivity contribution in [2.75, 3.05) is 18.4 Å². The lowest BCUT2D eigenvalue weighted by atomic mass is 10.0. The molecule has 1 amide bonds. The van der Waals surface area contributed by atoms with Crippen molar-refractivity contribution in [3.8, 4) is 11.3 Å². The van der Waals surface area contributed by atoms with E-state index >= 15 is 0 Å². The minimum Gasteiger partial charge on any atom is -0.444 e. The van der Waals surface area contributed by atoms with E-state index in [4.69, 9.17) is 4.74 Å². The highest BCUT2D eigenvalue weighted by molar-refractivity contribution is 5.94. The maximum atomic E-state index is 12.4. The van der Waals surface area contributed by atoms with Gasteiger partial charge >= 0.3 is 6.09 Å². The molecule has 0 radical (unpaired) electrons. The number of ether oxygens (including phenoxy) is 1. The van der Waals surface area contributed by atoms with Crippen LogP contribution in [0.15, 0.2) is 73.1 Å². The summed E-state index contributed by atoms with van der Waals surface area (Å²) in [5, 5.41) is 4.56. The molecule has 0 spiro atoms. The molecule has 2 N–H and O–H groups in total. The first-order valence-electron chi connectivity index (χ1n) is 11.8. The number of carbonyl (C=O) groups excluding carboxylic acids is 1. The van der Waals surface area contributed by atoms with Crippen LogP contribution < -0.4 is 5.32 Å². The first-order chi connectivity index (χ1) is 16.9. The van der Waals surface area contributed by atoms with Crippen molar-refractivity contribution >= 4 is 34.1 Å². The molecular formula is C28H29N5O2. The van der Waals surface area contributed by atoms with Crippen molar-refractivity contribution in [2.45, 2.75) is 32.8 Å². The average Bonchev–Trinajstić information content (AvgIpc) is 3.29. The van der Waals surface area contributed by atoms with Crippen LogP contribution >= 0.6 is 0 Å². The molecule has 7 heteroatoms. The molecule has 1 aliphatic heterocycles. The predicted octanol–water partition coefficient (Wildman–Crippen LogP) is 6.39. The molecule has 35 heavy (non-hydrogen) atoms. The molecule has 0 saturated carbocycles. The third kappa shape index (κ3) is 5.19. The zero-order valence-electron chi connectivity index (χ0n) is 20.2. The number of anilines is 2. The van der Waals surface area contributed by atoms with Crippen LogP contribution in [0.5, 0.6) is 0 Å². The molecule has 178 valence electrons. The number of H-pyrrole nitrogens is 1. The van der Waals surface area contributed by atoms with E-state index in [9.17, 15) is 4.79 Å². The van der Waals surface area contributed by atoms with Gasteiger partial charge in [0, 0.05) is 47.8 Å². The lowest BCUT2D eigenvalue weighted by molar-refractivity contribution is 0.0270. The van der Waals surface area contributed by atoms with Crippen LogP contribution in [0, 0.1) is 0 Å². The van der Waals surface area contributed by atoms with Crippen LogP contribution in [0.3, 0.4) is 0 Å². The van der Waals surface area contributed by atoms with E-state index in [0.29, 0.717) is 13.1 Å². The number of aromatic amines is 1. The molecule has 0 saturated heterocycles. The number of fused-ring (bicyclic) bond motifs is 1. The standard InChI is InChI=1S/C28H29N5O2/c1-28(2,3)35-27(34)33-15-11-19(12-16-33)25-18-22-24(10-14-30-26(22)32-25)31-21-8-6-7-20(17-21)23-9-4-5-13-29-23/h4-11,13-14,17-18H,12,15-16H2,1-3H3,(H2,30,31,32).